The van der Waals surface area contributed by atoms with E-state index >= 15 is 0 Å². The molecule has 3 amide bonds. The molecule has 3 aliphatic heterocycles. The lowest BCUT2D eigenvalue weighted by molar-refractivity contribution is -0.539. The van der Waals surface area contributed by atoms with Crippen LogP contribution in [-0.2, 0) is 9.53 Å². The Balaban J connectivity index is 1.78. The number of aliphatic hydroxyl groups excluding tert-OH is 1. The van der Waals surface area contributed by atoms with Crippen LogP contribution in [0.4, 0.5) is 4.79 Å². The summed E-state index contributed by atoms with van der Waals surface area (Å²) >= 11 is 0. The van der Waals surface area contributed by atoms with E-state index in [1.165, 1.54) is 11.9 Å². The quantitative estimate of drug-likeness (QED) is 0.391. The summed E-state index contributed by atoms with van der Waals surface area (Å²) in [6.45, 7) is 8.64. The van der Waals surface area contributed by atoms with Crippen LogP contribution in [0, 0.1) is 0 Å². The first-order chi connectivity index (χ1) is 13.5. The second kappa shape index (κ2) is 9.08. The Morgan fingerprint density at radius 1 is 1.14 bits per heavy atom. The SMILES string of the molecule is CCOCC[N+]1=C(CN2CCN(CCO)CC2)N=C2C1C(=O)N(C)C(=O)N2C. The summed E-state index contributed by atoms with van der Waals surface area (Å²) in [5.41, 5.74) is 0. The van der Waals surface area contributed by atoms with Gasteiger partial charge in [-0.1, -0.05) is 0 Å². The van der Waals surface area contributed by atoms with Gasteiger partial charge in [0, 0.05) is 53.4 Å². The van der Waals surface area contributed by atoms with E-state index in [2.05, 4.69) is 9.80 Å². The van der Waals surface area contributed by atoms with Crippen molar-refractivity contribution >= 4 is 23.6 Å². The number of amidine groups is 2. The number of likely N-dealkylation sites (N-methyl/N-ethyl adjacent to an activating group) is 2. The van der Waals surface area contributed by atoms with Crippen molar-refractivity contribution in [3.63, 3.8) is 0 Å². The largest absolute Gasteiger partial charge is 0.395 e. The predicted octanol–water partition coefficient (Wildman–Crippen LogP) is -1.65. The fourth-order valence-corrected chi connectivity index (χ4v) is 3.85. The number of hydrogen-bond acceptors (Lipinski definition) is 7. The number of rotatable bonds is 8. The highest BCUT2D eigenvalue weighted by Crippen LogP contribution is 2.19. The Bertz CT molecular complexity index is 671. The van der Waals surface area contributed by atoms with E-state index in [-0.39, 0.29) is 18.5 Å². The third-order valence-corrected chi connectivity index (χ3v) is 5.54. The van der Waals surface area contributed by atoms with Crippen molar-refractivity contribution in [3.05, 3.63) is 0 Å². The van der Waals surface area contributed by atoms with Gasteiger partial charge in [0.2, 0.25) is 0 Å². The van der Waals surface area contributed by atoms with Crippen molar-refractivity contribution in [2.75, 3.05) is 79.7 Å². The zero-order chi connectivity index (χ0) is 20.3. The molecule has 1 atom stereocenters. The molecule has 3 heterocycles. The minimum atomic E-state index is -0.571. The fourth-order valence-electron chi connectivity index (χ4n) is 3.85. The number of hydrogen-bond donors (Lipinski definition) is 1. The first-order valence-electron chi connectivity index (χ1n) is 9.87. The van der Waals surface area contributed by atoms with E-state index in [9.17, 15) is 9.59 Å². The molecule has 156 valence electrons. The molecular weight excluding hydrogens is 364 g/mol. The second-order valence-electron chi connectivity index (χ2n) is 7.26. The number of fused-ring (bicyclic) bond motifs is 1. The number of aliphatic hydroxyl groups is 1. The Labute approximate surface area is 165 Å². The Morgan fingerprint density at radius 2 is 1.82 bits per heavy atom. The lowest BCUT2D eigenvalue weighted by atomic mass is 10.1. The lowest BCUT2D eigenvalue weighted by Gasteiger charge is -2.33. The summed E-state index contributed by atoms with van der Waals surface area (Å²) in [5, 5.41) is 9.10. The summed E-state index contributed by atoms with van der Waals surface area (Å²) in [6, 6.07) is -0.928. The molecule has 28 heavy (non-hydrogen) atoms. The molecule has 0 spiro atoms. The molecule has 10 nitrogen and oxygen atoms in total. The van der Waals surface area contributed by atoms with Gasteiger partial charge in [0.25, 0.3) is 17.8 Å². The number of carbonyl (C=O) groups is 2. The van der Waals surface area contributed by atoms with Gasteiger partial charge in [-0.25, -0.2) is 9.37 Å². The predicted molar refractivity (Wildman–Crippen MR) is 104 cm³/mol. The fraction of sp³-hybridized carbons (Fsp3) is 0.778. The molecular formula is C18H31N6O4+. The van der Waals surface area contributed by atoms with Crippen molar-refractivity contribution in [1.82, 2.24) is 19.6 Å². The first kappa shape index (κ1) is 20.8. The summed E-state index contributed by atoms with van der Waals surface area (Å²) in [7, 11) is 3.17. The molecule has 1 unspecified atom stereocenters. The van der Waals surface area contributed by atoms with Gasteiger partial charge in [-0.05, 0) is 11.9 Å². The number of urea groups is 1. The first-order valence-corrected chi connectivity index (χ1v) is 9.87. The van der Waals surface area contributed by atoms with Crippen LogP contribution in [0.3, 0.4) is 0 Å². The van der Waals surface area contributed by atoms with Crippen molar-refractivity contribution < 1.29 is 24.0 Å². The molecule has 1 N–H and O–H groups in total. The van der Waals surface area contributed by atoms with E-state index in [1.54, 1.807) is 7.05 Å². The van der Waals surface area contributed by atoms with Gasteiger partial charge in [-0.15, -0.1) is 0 Å². The maximum atomic E-state index is 12.8. The molecule has 0 aromatic heterocycles. The minimum absolute atomic E-state index is 0.175. The number of carbonyl (C=O) groups excluding carboxylic acids is 2. The van der Waals surface area contributed by atoms with Crippen LogP contribution in [0.15, 0.2) is 4.99 Å². The lowest BCUT2D eigenvalue weighted by Crippen LogP contribution is -2.61. The van der Waals surface area contributed by atoms with Gasteiger partial charge < -0.3 is 9.84 Å². The highest BCUT2D eigenvalue weighted by Gasteiger charge is 2.53. The maximum Gasteiger partial charge on any atom is 0.333 e. The number of ether oxygens (including phenoxy) is 1. The molecule has 0 bridgehead atoms. The van der Waals surface area contributed by atoms with Gasteiger partial charge in [-0.3, -0.25) is 24.4 Å². The maximum absolute atomic E-state index is 12.8. The third-order valence-electron chi connectivity index (χ3n) is 5.54. The van der Waals surface area contributed by atoms with Crippen LogP contribution < -0.4 is 0 Å². The topological polar surface area (TPSA) is 91.9 Å². The second-order valence-corrected chi connectivity index (χ2v) is 7.26. The third kappa shape index (κ3) is 4.09. The molecule has 2 saturated heterocycles. The highest BCUT2D eigenvalue weighted by atomic mass is 16.5. The standard InChI is InChI=1S/C18H31N6O4/c1-4-28-12-10-24-14(13-23-7-5-22(6-8-23)9-11-25)19-16-15(24)17(26)21(3)18(27)20(16)2/h15,25H,4-13H2,1-3H3/q+1. The number of amides is 3. The van der Waals surface area contributed by atoms with Crippen molar-refractivity contribution in [2.24, 2.45) is 4.99 Å². The summed E-state index contributed by atoms with van der Waals surface area (Å²) in [5.74, 6) is 1.05. The molecule has 2 fully saturated rings. The summed E-state index contributed by atoms with van der Waals surface area (Å²) in [6.07, 6.45) is 0. The van der Waals surface area contributed by atoms with E-state index in [0.717, 1.165) is 36.9 Å². The molecule has 0 aromatic carbocycles. The molecule has 0 aromatic rings. The normalized spacial score (nSPS) is 24.3. The van der Waals surface area contributed by atoms with Gasteiger partial charge in [0.1, 0.15) is 13.1 Å². The molecule has 0 radical (unpaired) electrons. The van der Waals surface area contributed by atoms with Crippen molar-refractivity contribution in [2.45, 2.75) is 13.0 Å². The van der Waals surface area contributed by atoms with Crippen LogP contribution in [-0.4, -0.2) is 139 Å². The number of nitrogens with zero attached hydrogens (tertiary/aromatic N) is 6. The molecule has 10 heteroatoms. The zero-order valence-corrected chi connectivity index (χ0v) is 17.0. The van der Waals surface area contributed by atoms with Crippen LogP contribution >= 0.6 is 0 Å². The van der Waals surface area contributed by atoms with Crippen LogP contribution in [0.2, 0.25) is 0 Å². The summed E-state index contributed by atoms with van der Waals surface area (Å²) in [4.78, 5) is 37.0. The molecule has 3 aliphatic rings. The van der Waals surface area contributed by atoms with Gasteiger partial charge in [-0.2, -0.15) is 0 Å². The van der Waals surface area contributed by atoms with Crippen molar-refractivity contribution in [3.8, 4) is 0 Å². The van der Waals surface area contributed by atoms with Gasteiger partial charge >= 0.3 is 11.9 Å². The highest BCUT2D eigenvalue weighted by molar-refractivity contribution is 6.23. The van der Waals surface area contributed by atoms with Crippen LogP contribution in [0.25, 0.3) is 0 Å². The Hall–Kier alpha value is -1.88. The van der Waals surface area contributed by atoms with Gasteiger partial charge in [0.15, 0.2) is 0 Å². The molecule has 3 rings (SSSR count). The van der Waals surface area contributed by atoms with Crippen molar-refractivity contribution in [1.29, 1.82) is 0 Å². The molecule has 0 saturated carbocycles. The van der Waals surface area contributed by atoms with Crippen LogP contribution in [0.5, 0.6) is 0 Å². The van der Waals surface area contributed by atoms with E-state index in [4.69, 9.17) is 14.8 Å². The minimum Gasteiger partial charge on any atom is -0.395 e. The van der Waals surface area contributed by atoms with Gasteiger partial charge in [0.05, 0.1) is 13.2 Å². The van der Waals surface area contributed by atoms with E-state index in [1.807, 2.05) is 11.5 Å². The zero-order valence-electron chi connectivity index (χ0n) is 17.0. The summed E-state index contributed by atoms with van der Waals surface area (Å²) < 4.78 is 7.49. The average Bonchev–Trinajstić information content (AvgIpc) is 3.05. The number of β-amino-alcohol motifs (C(OH)–C–C–N with tert-alkyl or cyclic N) is 1. The van der Waals surface area contributed by atoms with E-state index in [0.29, 0.717) is 38.7 Å². The average molecular weight is 395 g/mol. The monoisotopic (exact) mass is 395 g/mol. The Morgan fingerprint density at radius 3 is 2.46 bits per heavy atom. The molecule has 0 aliphatic carbocycles. The number of piperazine rings is 1. The Kier molecular flexibility index (Phi) is 6.76. The van der Waals surface area contributed by atoms with Crippen LogP contribution in [0.1, 0.15) is 6.92 Å². The van der Waals surface area contributed by atoms with E-state index < -0.39 is 6.04 Å². The smallest absolute Gasteiger partial charge is 0.333 e. The number of aliphatic imine (C=N–C) groups is 1. The number of imide groups is 1.